The minimum Gasteiger partial charge on any atom is -0.274 e. The van der Waals surface area contributed by atoms with E-state index in [1.54, 1.807) is 4.68 Å². The standard InChI is InChI=1S/C46H41N7O/c1-2-3-28-43-48-52(34-35-18-8-4-9-19-35)45(54)51(43)33-36-29-31-37(32-30-36)41-26-16-17-27-42(41)44-47-49-50-53(44)46(38-20-10-5-11-21-38,39-22-12-6-13-23-39)40-24-14-7-15-25-40/h4-27,29-32H,2-3,28,33-34H2,1H3. The van der Waals surface area contributed by atoms with Crippen molar-refractivity contribution in [3.8, 4) is 22.5 Å². The van der Waals surface area contributed by atoms with Crippen molar-refractivity contribution in [3.05, 3.63) is 214 Å². The van der Waals surface area contributed by atoms with Gasteiger partial charge in [0.25, 0.3) is 0 Å². The fourth-order valence-electron chi connectivity index (χ4n) is 7.41. The Morgan fingerprint density at radius 3 is 1.67 bits per heavy atom. The fourth-order valence-corrected chi connectivity index (χ4v) is 7.41. The van der Waals surface area contributed by atoms with Gasteiger partial charge in [-0.2, -0.15) is 5.10 Å². The summed E-state index contributed by atoms with van der Waals surface area (Å²) in [6.07, 6.45) is 2.75. The maximum Gasteiger partial charge on any atom is 0.346 e. The zero-order valence-electron chi connectivity index (χ0n) is 30.2. The molecule has 8 rings (SSSR count). The minimum absolute atomic E-state index is 0.0926. The third-order valence-electron chi connectivity index (χ3n) is 10.1. The van der Waals surface area contributed by atoms with E-state index in [9.17, 15) is 4.79 Å². The summed E-state index contributed by atoms with van der Waals surface area (Å²) in [5.74, 6) is 1.46. The Hall–Kier alpha value is -6.67. The van der Waals surface area contributed by atoms with Crippen LogP contribution in [0.3, 0.4) is 0 Å². The molecule has 0 aliphatic rings. The predicted octanol–water partition coefficient (Wildman–Crippen LogP) is 8.64. The molecule has 0 fully saturated rings. The highest BCUT2D eigenvalue weighted by Gasteiger charge is 2.42. The highest BCUT2D eigenvalue weighted by atomic mass is 16.2. The van der Waals surface area contributed by atoms with Crippen LogP contribution in [0.15, 0.2) is 175 Å². The lowest BCUT2D eigenvalue weighted by atomic mass is 9.77. The van der Waals surface area contributed by atoms with E-state index in [1.807, 2.05) is 69.9 Å². The molecule has 0 unspecified atom stereocenters. The number of rotatable bonds is 13. The molecule has 0 radical (unpaired) electrons. The minimum atomic E-state index is -0.868. The number of hydrogen-bond donors (Lipinski definition) is 0. The molecule has 266 valence electrons. The van der Waals surface area contributed by atoms with E-state index in [0.29, 0.717) is 18.9 Å². The number of unbranched alkanes of at least 4 members (excludes halogenated alkanes) is 1. The topological polar surface area (TPSA) is 83.4 Å². The van der Waals surface area contributed by atoms with Gasteiger partial charge in [-0.3, -0.25) is 4.57 Å². The first-order chi connectivity index (χ1) is 26.7. The van der Waals surface area contributed by atoms with Crippen LogP contribution < -0.4 is 5.69 Å². The molecule has 0 aliphatic heterocycles. The molecule has 54 heavy (non-hydrogen) atoms. The van der Waals surface area contributed by atoms with Gasteiger partial charge in [0.2, 0.25) is 0 Å². The van der Waals surface area contributed by atoms with Crippen LogP contribution in [0.1, 0.15) is 53.4 Å². The molecule has 8 aromatic rings. The molecular formula is C46H41N7O. The van der Waals surface area contributed by atoms with E-state index in [2.05, 4.69) is 121 Å². The van der Waals surface area contributed by atoms with Crippen molar-refractivity contribution in [1.82, 2.24) is 34.6 Å². The van der Waals surface area contributed by atoms with E-state index in [0.717, 1.165) is 69.6 Å². The third-order valence-corrected chi connectivity index (χ3v) is 10.1. The lowest BCUT2D eigenvalue weighted by Gasteiger charge is -2.36. The van der Waals surface area contributed by atoms with Crippen LogP contribution in [0.4, 0.5) is 0 Å². The summed E-state index contributed by atoms with van der Waals surface area (Å²) in [4.78, 5) is 13.7. The molecule has 0 spiro atoms. The third kappa shape index (κ3) is 6.58. The maximum absolute atomic E-state index is 13.7. The zero-order valence-corrected chi connectivity index (χ0v) is 30.2. The van der Waals surface area contributed by atoms with E-state index in [4.69, 9.17) is 15.4 Å². The van der Waals surface area contributed by atoms with Crippen LogP contribution in [0.5, 0.6) is 0 Å². The lowest BCUT2D eigenvalue weighted by molar-refractivity contribution is 0.451. The highest BCUT2D eigenvalue weighted by molar-refractivity contribution is 5.81. The van der Waals surface area contributed by atoms with Crippen molar-refractivity contribution in [2.75, 3.05) is 0 Å². The first-order valence-electron chi connectivity index (χ1n) is 18.5. The number of benzene rings is 6. The summed E-state index contributed by atoms with van der Waals surface area (Å²) in [6, 6.07) is 58.0. The Labute approximate surface area is 315 Å². The second kappa shape index (κ2) is 15.5. The molecule has 8 heteroatoms. The van der Waals surface area contributed by atoms with Gasteiger partial charge in [-0.25, -0.2) is 14.2 Å². The molecular weight excluding hydrogens is 667 g/mol. The number of tetrazole rings is 1. The zero-order chi connectivity index (χ0) is 36.7. The molecule has 2 aromatic heterocycles. The summed E-state index contributed by atoms with van der Waals surface area (Å²) < 4.78 is 5.39. The Morgan fingerprint density at radius 1 is 0.574 bits per heavy atom. The van der Waals surface area contributed by atoms with E-state index in [1.165, 1.54) is 0 Å². The van der Waals surface area contributed by atoms with Crippen molar-refractivity contribution in [2.24, 2.45) is 0 Å². The first-order valence-corrected chi connectivity index (χ1v) is 18.5. The van der Waals surface area contributed by atoms with Gasteiger partial charge in [0.05, 0.1) is 13.1 Å². The van der Waals surface area contributed by atoms with Gasteiger partial charge >= 0.3 is 5.69 Å². The lowest BCUT2D eigenvalue weighted by Crippen LogP contribution is -2.39. The summed E-state index contributed by atoms with van der Waals surface area (Å²) in [6.45, 7) is 3.05. The van der Waals surface area contributed by atoms with Crippen molar-refractivity contribution < 1.29 is 0 Å². The highest BCUT2D eigenvalue weighted by Crippen LogP contribution is 2.43. The van der Waals surface area contributed by atoms with Gasteiger partial charge in [-0.05, 0) is 55.8 Å². The van der Waals surface area contributed by atoms with Crippen LogP contribution in [0, 0.1) is 0 Å². The Kier molecular flexibility index (Phi) is 9.89. The van der Waals surface area contributed by atoms with Crippen LogP contribution in [-0.2, 0) is 25.0 Å². The normalized spacial score (nSPS) is 11.5. The van der Waals surface area contributed by atoms with Crippen LogP contribution in [-0.4, -0.2) is 34.6 Å². The number of aromatic nitrogens is 7. The van der Waals surface area contributed by atoms with Crippen LogP contribution in [0.2, 0.25) is 0 Å². The SMILES string of the molecule is CCCCc1nn(Cc2ccccc2)c(=O)n1Cc1ccc(-c2ccccc2-c2nnnn2C(c2ccccc2)(c2ccccc2)c2ccccc2)cc1. The maximum atomic E-state index is 13.7. The molecule has 0 atom stereocenters. The molecule has 0 amide bonds. The molecule has 0 aliphatic carbocycles. The quantitative estimate of drug-likeness (QED) is 0.112. The van der Waals surface area contributed by atoms with Crippen molar-refractivity contribution >= 4 is 0 Å². The van der Waals surface area contributed by atoms with E-state index in [-0.39, 0.29) is 5.69 Å². The number of aryl methyl sites for hydroxylation is 1. The second-order valence-corrected chi connectivity index (χ2v) is 13.5. The molecule has 2 heterocycles. The van der Waals surface area contributed by atoms with Gasteiger partial charge < -0.3 is 0 Å². The smallest absolute Gasteiger partial charge is 0.274 e. The van der Waals surface area contributed by atoms with Crippen molar-refractivity contribution in [1.29, 1.82) is 0 Å². The Bertz CT molecular complexity index is 2390. The van der Waals surface area contributed by atoms with Gasteiger partial charge in [0.1, 0.15) is 11.4 Å². The van der Waals surface area contributed by atoms with Crippen LogP contribution >= 0.6 is 0 Å². The molecule has 0 N–H and O–H groups in total. The fraction of sp³-hybridized carbons (Fsp3) is 0.152. The summed E-state index contributed by atoms with van der Waals surface area (Å²) in [7, 11) is 0. The van der Waals surface area contributed by atoms with Gasteiger partial charge in [-0.15, -0.1) is 5.10 Å². The molecule has 8 nitrogen and oxygen atoms in total. The van der Waals surface area contributed by atoms with Crippen LogP contribution in [0.25, 0.3) is 22.5 Å². The van der Waals surface area contributed by atoms with Crippen molar-refractivity contribution in [2.45, 2.75) is 44.8 Å². The first kappa shape index (κ1) is 34.4. The van der Waals surface area contributed by atoms with Gasteiger partial charge in [0.15, 0.2) is 5.82 Å². The summed E-state index contributed by atoms with van der Waals surface area (Å²) in [5, 5.41) is 18.6. The second-order valence-electron chi connectivity index (χ2n) is 13.5. The van der Waals surface area contributed by atoms with E-state index < -0.39 is 5.54 Å². The Morgan fingerprint density at radius 2 is 1.09 bits per heavy atom. The molecule has 0 saturated heterocycles. The molecule has 0 bridgehead atoms. The largest absolute Gasteiger partial charge is 0.346 e. The van der Waals surface area contributed by atoms with Gasteiger partial charge in [0, 0.05) is 12.0 Å². The average Bonchev–Trinajstić information content (AvgIpc) is 3.84. The molecule has 6 aromatic carbocycles. The number of nitrogens with zero attached hydrogens (tertiary/aromatic N) is 7. The van der Waals surface area contributed by atoms with Gasteiger partial charge in [-0.1, -0.05) is 183 Å². The Balaban J connectivity index is 1.19. The summed E-state index contributed by atoms with van der Waals surface area (Å²) in [5.41, 5.74) is 7.16. The molecule has 0 saturated carbocycles. The predicted molar refractivity (Wildman–Crippen MR) is 213 cm³/mol. The van der Waals surface area contributed by atoms with Crippen molar-refractivity contribution in [3.63, 3.8) is 0 Å². The van der Waals surface area contributed by atoms with E-state index >= 15 is 0 Å². The summed E-state index contributed by atoms with van der Waals surface area (Å²) >= 11 is 0. The number of hydrogen-bond acceptors (Lipinski definition) is 5. The average molecular weight is 708 g/mol. The monoisotopic (exact) mass is 707 g/mol.